The summed E-state index contributed by atoms with van der Waals surface area (Å²) in [6.45, 7) is 7.04. The maximum atomic E-state index is 12.6. The minimum atomic E-state index is -4.51. The van der Waals surface area contributed by atoms with Gasteiger partial charge in [-0.25, -0.2) is 14.8 Å². The lowest BCUT2D eigenvalue weighted by atomic mass is 10.2. The van der Waals surface area contributed by atoms with Crippen LogP contribution in [0.2, 0.25) is 0 Å². The zero-order chi connectivity index (χ0) is 21.9. The second-order valence-corrected chi connectivity index (χ2v) is 6.90. The lowest BCUT2D eigenvalue weighted by molar-refractivity contribution is -0.141. The van der Waals surface area contributed by atoms with Gasteiger partial charge in [-0.2, -0.15) is 13.2 Å². The Balaban J connectivity index is 0.00000841. The molecule has 0 aliphatic heterocycles. The van der Waals surface area contributed by atoms with Gasteiger partial charge in [-0.1, -0.05) is 0 Å². The molecule has 1 heterocycles. The lowest BCUT2D eigenvalue weighted by Crippen LogP contribution is -2.41. The molecule has 0 unspecified atom stereocenters. The molecular formula is C17H29F3IN7O2. The molecule has 1 amide bonds. The van der Waals surface area contributed by atoms with E-state index in [9.17, 15) is 18.0 Å². The van der Waals surface area contributed by atoms with Gasteiger partial charge in [0.15, 0.2) is 5.96 Å². The zero-order valence-corrected chi connectivity index (χ0v) is 19.7. The molecule has 0 aliphatic carbocycles. The summed E-state index contributed by atoms with van der Waals surface area (Å²) in [5, 5.41) is 11.4. The van der Waals surface area contributed by atoms with Gasteiger partial charge in [-0.05, 0) is 33.3 Å². The van der Waals surface area contributed by atoms with Crippen molar-refractivity contribution >= 4 is 42.0 Å². The van der Waals surface area contributed by atoms with Crippen LogP contribution in [-0.2, 0) is 10.9 Å². The number of nitrogens with one attached hydrogen (secondary N) is 4. The van der Waals surface area contributed by atoms with Crippen LogP contribution in [-0.4, -0.2) is 60.8 Å². The summed E-state index contributed by atoms with van der Waals surface area (Å²) < 4.78 is 43.0. The molecule has 0 bridgehead atoms. The van der Waals surface area contributed by atoms with Crippen LogP contribution in [0.25, 0.3) is 0 Å². The number of carbonyl (C=O) groups excluding carboxylic acids is 1. The minimum Gasteiger partial charge on any atom is -0.444 e. The fourth-order valence-electron chi connectivity index (χ4n) is 1.98. The number of alkyl halides is 3. The van der Waals surface area contributed by atoms with E-state index in [1.807, 2.05) is 0 Å². The van der Waals surface area contributed by atoms with E-state index in [0.717, 1.165) is 12.3 Å². The van der Waals surface area contributed by atoms with Gasteiger partial charge in [0.2, 0.25) is 5.95 Å². The quantitative estimate of drug-likeness (QED) is 0.171. The van der Waals surface area contributed by atoms with E-state index in [0.29, 0.717) is 38.6 Å². The molecule has 0 atom stereocenters. The highest BCUT2D eigenvalue weighted by atomic mass is 127. The van der Waals surface area contributed by atoms with Gasteiger partial charge in [-0.15, -0.1) is 24.0 Å². The molecule has 1 aromatic heterocycles. The fourth-order valence-corrected chi connectivity index (χ4v) is 1.98. The zero-order valence-electron chi connectivity index (χ0n) is 17.4. The van der Waals surface area contributed by atoms with Crippen LogP contribution in [0.3, 0.4) is 0 Å². The van der Waals surface area contributed by atoms with E-state index in [-0.39, 0.29) is 29.9 Å². The summed E-state index contributed by atoms with van der Waals surface area (Å²) >= 11 is 0. The Morgan fingerprint density at radius 1 is 1.10 bits per heavy atom. The first-order chi connectivity index (χ1) is 13.5. The van der Waals surface area contributed by atoms with E-state index in [1.165, 1.54) is 0 Å². The normalized spacial score (nSPS) is 11.9. The van der Waals surface area contributed by atoms with E-state index < -0.39 is 23.6 Å². The van der Waals surface area contributed by atoms with Crippen molar-refractivity contribution in [2.45, 2.75) is 39.0 Å². The summed E-state index contributed by atoms with van der Waals surface area (Å²) in [5.74, 6) is 0.423. The predicted molar refractivity (Wildman–Crippen MR) is 119 cm³/mol. The number of guanidine groups is 1. The minimum absolute atomic E-state index is 0. The Kier molecular flexibility index (Phi) is 12.4. The number of alkyl carbamates (subject to hydrolysis) is 1. The van der Waals surface area contributed by atoms with E-state index >= 15 is 0 Å². The van der Waals surface area contributed by atoms with Crippen molar-refractivity contribution < 1.29 is 22.7 Å². The fraction of sp³-hybridized carbons (Fsp3) is 0.647. The number of nitrogens with zero attached hydrogens (tertiary/aromatic N) is 3. The van der Waals surface area contributed by atoms with Crippen LogP contribution >= 0.6 is 24.0 Å². The number of halogens is 4. The molecule has 0 aromatic carbocycles. The van der Waals surface area contributed by atoms with Crippen molar-refractivity contribution in [3.63, 3.8) is 0 Å². The predicted octanol–water partition coefficient (Wildman–Crippen LogP) is 2.61. The van der Waals surface area contributed by atoms with Gasteiger partial charge < -0.3 is 26.0 Å². The second kappa shape index (κ2) is 13.3. The number of hydrogen-bond acceptors (Lipinski definition) is 6. The Labute approximate surface area is 191 Å². The van der Waals surface area contributed by atoms with Crippen LogP contribution in [0.5, 0.6) is 0 Å². The molecule has 30 heavy (non-hydrogen) atoms. The van der Waals surface area contributed by atoms with Crippen LogP contribution in [0.1, 0.15) is 32.9 Å². The third-order valence-corrected chi connectivity index (χ3v) is 3.18. The van der Waals surface area contributed by atoms with Crippen LogP contribution in [0, 0.1) is 0 Å². The maximum absolute atomic E-state index is 12.6. The van der Waals surface area contributed by atoms with Gasteiger partial charge in [0, 0.05) is 39.4 Å². The highest BCUT2D eigenvalue weighted by Gasteiger charge is 2.32. The molecule has 1 rings (SSSR count). The third-order valence-electron chi connectivity index (χ3n) is 3.18. The maximum Gasteiger partial charge on any atom is 0.433 e. The highest BCUT2D eigenvalue weighted by Crippen LogP contribution is 2.27. The number of anilines is 1. The third kappa shape index (κ3) is 12.5. The summed E-state index contributed by atoms with van der Waals surface area (Å²) in [7, 11) is 1.59. The largest absolute Gasteiger partial charge is 0.444 e. The first kappa shape index (κ1) is 27.9. The number of ether oxygens (including phenoxy) is 1. The Morgan fingerprint density at radius 3 is 2.33 bits per heavy atom. The summed E-state index contributed by atoms with van der Waals surface area (Å²) in [5.41, 5.74) is -1.54. The molecular weight excluding hydrogens is 518 g/mol. The van der Waals surface area contributed by atoms with Gasteiger partial charge in [0.1, 0.15) is 11.3 Å². The molecule has 172 valence electrons. The van der Waals surface area contributed by atoms with Crippen molar-refractivity contribution in [1.82, 2.24) is 25.9 Å². The monoisotopic (exact) mass is 547 g/mol. The summed E-state index contributed by atoms with van der Waals surface area (Å²) in [6, 6.07) is 0.812. The number of hydrogen-bond donors (Lipinski definition) is 4. The summed E-state index contributed by atoms with van der Waals surface area (Å²) in [6.07, 6.45) is -3.28. The van der Waals surface area contributed by atoms with Crippen molar-refractivity contribution in [3.05, 3.63) is 18.0 Å². The number of carbonyl (C=O) groups is 1. The first-order valence-corrected chi connectivity index (χ1v) is 9.07. The van der Waals surface area contributed by atoms with Crippen molar-refractivity contribution in [2.24, 2.45) is 4.99 Å². The van der Waals surface area contributed by atoms with E-state index in [2.05, 4.69) is 36.2 Å². The SMILES string of the molecule is CN=C(NCCCNC(=O)OC(C)(C)C)NCCNc1nccc(C(F)(F)F)n1.I. The van der Waals surface area contributed by atoms with Crippen LogP contribution in [0.15, 0.2) is 17.3 Å². The van der Waals surface area contributed by atoms with Crippen LogP contribution < -0.4 is 21.3 Å². The first-order valence-electron chi connectivity index (χ1n) is 9.07. The number of rotatable bonds is 8. The molecule has 0 fully saturated rings. The van der Waals surface area contributed by atoms with E-state index in [4.69, 9.17) is 4.74 Å². The Bertz CT molecular complexity index is 682. The molecule has 13 heteroatoms. The summed E-state index contributed by atoms with van der Waals surface area (Å²) in [4.78, 5) is 22.7. The van der Waals surface area contributed by atoms with E-state index in [1.54, 1.807) is 27.8 Å². The average molecular weight is 547 g/mol. The van der Waals surface area contributed by atoms with Crippen molar-refractivity contribution in [2.75, 3.05) is 38.5 Å². The molecule has 0 saturated carbocycles. The topological polar surface area (TPSA) is 113 Å². The molecule has 0 saturated heterocycles. The van der Waals surface area contributed by atoms with Crippen molar-refractivity contribution in [1.29, 1.82) is 0 Å². The van der Waals surface area contributed by atoms with Gasteiger partial charge in [0.05, 0.1) is 0 Å². The molecule has 0 spiro atoms. The van der Waals surface area contributed by atoms with Gasteiger partial charge in [-0.3, -0.25) is 4.99 Å². The lowest BCUT2D eigenvalue weighted by Gasteiger charge is -2.19. The second-order valence-electron chi connectivity index (χ2n) is 6.90. The molecule has 4 N–H and O–H groups in total. The standard InChI is InChI=1S/C17H28F3N7O2.HI/c1-16(2,3)29-15(28)26-8-5-7-22-13(21-4)24-10-11-25-14-23-9-6-12(27-14)17(18,19)20;/h6,9H,5,7-8,10-11H2,1-4H3,(H,26,28)(H2,21,22,24)(H,23,25,27);1H. The Morgan fingerprint density at radius 2 is 1.73 bits per heavy atom. The highest BCUT2D eigenvalue weighted by molar-refractivity contribution is 14.0. The average Bonchev–Trinajstić information content (AvgIpc) is 2.61. The van der Waals surface area contributed by atoms with Crippen LogP contribution in [0.4, 0.5) is 23.9 Å². The molecule has 9 nitrogen and oxygen atoms in total. The smallest absolute Gasteiger partial charge is 0.433 e. The molecule has 0 radical (unpaired) electrons. The van der Waals surface area contributed by atoms with Gasteiger partial charge >= 0.3 is 12.3 Å². The number of aliphatic imine (C=N–C) groups is 1. The number of aromatic nitrogens is 2. The van der Waals surface area contributed by atoms with Crippen molar-refractivity contribution in [3.8, 4) is 0 Å². The molecule has 1 aromatic rings. The Hall–Kier alpha value is -2.06. The number of amides is 1. The van der Waals surface area contributed by atoms with Gasteiger partial charge in [0.25, 0.3) is 0 Å². The molecule has 0 aliphatic rings.